The Hall–Kier alpha value is -1.01. The number of nitrogens with two attached hydrogens (primary N) is 1. The highest BCUT2D eigenvalue weighted by Crippen LogP contribution is 1.92. The molecule has 11 heavy (non-hydrogen) atoms. The largest absolute Gasteiger partial charge is 0.355 e. The molecule has 0 atom stereocenters. The van der Waals surface area contributed by atoms with E-state index in [1.165, 1.54) is 0 Å². The Kier molecular flexibility index (Phi) is 6.45. The van der Waals surface area contributed by atoms with Gasteiger partial charge in [0.1, 0.15) is 0 Å². The molecule has 0 spiro atoms. The summed E-state index contributed by atoms with van der Waals surface area (Å²) in [6.45, 7) is 1.04. The van der Waals surface area contributed by atoms with E-state index in [4.69, 9.17) is 12.2 Å². The summed E-state index contributed by atoms with van der Waals surface area (Å²) in [6.07, 6.45) is 6.94. The summed E-state index contributed by atoms with van der Waals surface area (Å²) in [7, 11) is 0. The Balaban J connectivity index is 3.17. The molecule has 0 fully saturated rings. The quantitative estimate of drug-likeness (QED) is 0.428. The molecule has 0 aliphatic heterocycles. The van der Waals surface area contributed by atoms with Crippen molar-refractivity contribution in [2.24, 2.45) is 5.73 Å². The van der Waals surface area contributed by atoms with E-state index >= 15 is 0 Å². The second kappa shape index (κ2) is 7.10. The summed E-state index contributed by atoms with van der Waals surface area (Å²) in [5.74, 6) is 2.51. The van der Waals surface area contributed by atoms with Crippen LogP contribution in [0.1, 0.15) is 19.3 Å². The summed E-state index contributed by atoms with van der Waals surface area (Å²) < 4.78 is 0. The SMILES string of the molecule is C#CCCCC(=O)NCCN. The number of hydrogen-bond acceptors (Lipinski definition) is 2. The maximum atomic E-state index is 10.8. The van der Waals surface area contributed by atoms with E-state index in [-0.39, 0.29) is 5.91 Å². The van der Waals surface area contributed by atoms with Crippen molar-refractivity contribution < 1.29 is 4.79 Å². The Bertz CT molecular complexity index is 149. The van der Waals surface area contributed by atoms with Gasteiger partial charge in [-0.25, -0.2) is 0 Å². The van der Waals surface area contributed by atoms with Crippen LogP contribution in [0.25, 0.3) is 0 Å². The lowest BCUT2D eigenvalue weighted by Gasteiger charge is -2.00. The van der Waals surface area contributed by atoms with Gasteiger partial charge >= 0.3 is 0 Å². The van der Waals surface area contributed by atoms with E-state index in [2.05, 4.69) is 11.2 Å². The molecule has 3 nitrogen and oxygen atoms in total. The average molecular weight is 154 g/mol. The Morgan fingerprint density at radius 3 is 2.91 bits per heavy atom. The molecule has 0 unspecified atom stereocenters. The first-order chi connectivity index (χ1) is 5.31. The lowest BCUT2D eigenvalue weighted by atomic mass is 10.2. The van der Waals surface area contributed by atoms with E-state index in [0.29, 0.717) is 25.9 Å². The molecule has 3 heteroatoms. The molecular formula is C8H14N2O. The van der Waals surface area contributed by atoms with Gasteiger partial charge < -0.3 is 11.1 Å². The highest BCUT2D eigenvalue weighted by molar-refractivity contribution is 5.75. The van der Waals surface area contributed by atoms with Crippen LogP contribution in [0, 0.1) is 12.3 Å². The van der Waals surface area contributed by atoms with E-state index in [0.717, 1.165) is 6.42 Å². The molecule has 0 aliphatic carbocycles. The smallest absolute Gasteiger partial charge is 0.220 e. The van der Waals surface area contributed by atoms with Crippen LogP contribution >= 0.6 is 0 Å². The van der Waals surface area contributed by atoms with E-state index in [9.17, 15) is 4.79 Å². The number of amides is 1. The molecule has 0 bridgehead atoms. The summed E-state index contributed by atoms with van der Waals surface area (Å²) in [5.41, 5.74) is 5.18. The topological polar surface area (TPSA) is 55.1 Å². The van der Waals surface area contributed by atoms with Gasteiger partial charge in [0.2, 0.25) is 5.91 Å². The lowest BCUT2D eigenvalue weighted by Crippen LogP contribution is -2.28. The van der Waals surface area contributed by atoms with Crippen molar-refractivity contribution in [2.45, 2.75) is 19.3 Å². The van der Waals surface area contributed by atoms with E-state index in [1.807, 2.05) is 0 Å². The van der Waals surface area contributed by atoms with Crippen molar-refractivity contribution in [3.05, 3.63) is 0 Å². The molecule has 0 heterocycles. The predicted molar refractivity (Wildman–Crippen MR) is 44.7 cm³/mol. The van der Waals surface area contributed by atoms with Crippen LogP contribution in [-0.4, -0.2) is 19.0 Å². The van der Waals surface area contributed by atoms with Gasteiger partial charge in [0.25, 0.3) is 0 Å². The van der Waals surface area contributed by atoms with Crippen molar-refractivity contribution in [1.29, 1.82) is 0 Å². The van der Waals surface area contributed by atoms with Crippen LogP contribution in [0.4, 0.5) is 0 Å². The number of rotatable bonds is 5. The molecule has 0 rings (SSSR count). The Morgan fingerprint density at radius 1 is 1.64 bits per heavy atom. The fraction of sp³-hybridized carbons (Fsp3) is 0.625. The number of terminal acetylenes is 1. The molecule has 0 aliphatic rings. The third-order valence-corrected chi connectivity index (χ3v) is 1.19. The zero-order chi connectivity index (χ0) is 8.53. The molecule has 62 valence electrons. The van der Waals surface area contributed by atoms with Crippen molar-refractivity contribution in [2.75, 3.05) is 13.1 Å². The number of carbonyl (C=O) groups is 1. The van der Waals surface area contributed by atoms with Gasteiger partial charge in [-0.15, -0.1) is 12.3 Å². The molecule has 0 aromatic heterocycles. The Morgan fingerprint density at radius 2 is 2.36 bits per heavy atom. The summed E-state index contributed by atoms with van der Waals surface area (Å²) in [5, 5.41) is 2.66. The van der Waals surface area contributed by atoms with Gasteiger partial charge in [0.15, 0.2) is 0 Å². The van der Waals surface area contributed by atoms with Crippen molar-refractivity contribution in [3.8, 4) is 12.3 Å². The maximum Gasteiger partial charge on any atom is 0.220 e. The van der Waals surface area contributed by atoms with Crippen LogP contribution in [0.2, 0.25) is 0 Å². The summed E-state index contributed by atoms with van der Waals surface area (Å²) in [4.78, 5) is 10.8. The van der Waals surface area contributed by atoms with Gasteiger partial charge in [0, 0.05) is 25.9 Å². The van der Waals surface area contributed by atoms with Gasteiger partial charge in [-0.3, -0.25) is 4.79 Å². The van der Waals surface area contributed by atoms with Gasteiger partial charge in [-0.2, -0.15) is 0 Å². The molecule has 0 aromatic carbocycles. The fourth-order valence-electron chi connectivity index (χ4n) is 0.651. The standard InChI is InChI=1S/C8H14N2O/c1-2-3-4-5-8(11)10-7-6-9/h1H,3-7,9H2,(H,10,11). The van der Waals surface area contributed by atoms with E-state index < -0.39 is 0 Å². The van der Waals surface area contributed by atoms with Gasteiger partial charge in [-0.05, 0) is 6.42 Å². The van der Waals surface area contributed by atoms with Crippen molar-refractivity contribution in [1.82, 2.24) is 5.32 Å². The minimum Gasteiger partial charge on any atom is -0.355 e. The molecule has 0 saturated carbocycles. The first kappa shape index (κ1) is 9.99. The highest BCUT2D eigenvalue weighted by Gasteiger charge is 1.97. The third-order valence-electron chi connectivity index (χ3n) is 1.19. The second-order valence-corrected chi connectivity index (χ2v) is 2.20. The van der Waals surface area contributed by atoms with Crippen LogP contribution < -0.4 is 11.1 Å². The lowest BCUT2D eigenvalue weighted by molar-refractivity contribution is -0.121. The van der Waals surface area contributed by atoms with Crippen LogP contribution in [-0.2, 0) is 4.79 Å². The van der Waals surface area contributed by atoms with Gasteiger partial charge in [-0.1, -0.05) is 0 Å². The first-order valence-corrected chi connectivity index (χ1v) is 3.71. The number of nitrogens with one attached hydrogen (secondary N) is 1. The van der Waals surface area contributed by atoms with Crippen molar-refractivity contribution in [3.63, 3.8) is 0 Å². The minimum atomic E-state index is 0.0331. The number of carbonyl (C=O) groups excluding carboxylic acids is 1. The molecule has 3 N–H and O–H groups in total. The average Bonchev–Trinajstić information content (AvgIpc) is 2.01. The molecular weight excluding hydrogens is 140 g/mol. The molecule has 1 amide bonds. The van der Waals surface area contributed by atoms with Gasteiger partial charge in [0.05, 0.1) is 0 Å². The second-order valence-electron chi connectivity index (χ2n) is 2.20. The highest BCUT2D eigenvalue weighted by atomic mass is 16.1. The monoisotopic (exact) mass is 154 g/mol. The fourth-order valence-corrected chi connectivity index (χ4v) is 0.651. The number of hydrogen-bond donors (Lipinski definition) is 2. The first-order valence-electron chi connectivity index (χ1n) is 3.71. The summed E-state index contributed by atoms with van der Waals surface area (Å²) in [6, 6.07) is 0. The van der Waals surface area contributed by atoms with Crippen molar-refractivity contribution >= 4 is 5.91 Å². The molecule has 0 saturated heterocycles. The molecule has 0 aromatic rings. The third kappa shape index (κ3) is 6.88. The molecule has 0 radical (unpaired) electrons. The Labute approximate surface area is 67.3 Å². The minimum absolute atomic E-state index is 0.0331. The van der Waals surface area contributed by atoms with Crippen LogP contribution in [0.15, 0.2) is 0 Å². The van der Waals surface area contributed by atoms with Crippen LogP contribution in [0.3, 0.4) is 0 Å². The zero-order valence-corrected chi connectivity index (χ0v) is 6.60. The zero-order valence-electron chi connectivity index (χ0n) is 6.60. The number of unbranched alkanes of at least 4 members (excludes halogenated alkanes) is 1. The predicted octanol–water partition coefficient (Wildman–Crippen LogP) is -0.135. The summed E-state index contributed by atoms with van der Waals surface area (Å²) >= 11 is 0. The van der Waals surface area contributed by atoms with E-state index in [1.54, 1.807) is 0 Å². The maximum absolute atomic E-state index is 10.8. The van der Waals surface area contributed by atoms with Crippen LogP contribution in [0.5, 0.6) is 0 Å². The normalized spacial score (nSPS) is 8.73.